The van der Waals surface area contributed by atoms with Gasteiger partial charge >= 0.3 is 5.69 Å². The van der Waals surface area contributed by atoms with Crippen LogP contribution >= 0.6 is 12.2 Å². The Bertz CT molecular complexity index is 1220. The predicted molar refractivity (Wildman–Crippen MR) is 126 cm³/mol. The number of hydrogen-bond acceptors (Lipinski definition) is 5. The molecule has 1 N–H and O–H groups in total. The van der Waals surface area contributed by atoms with Crippen LogP contribution in [0.4, 0.5) is 5.95 Å². The van der Waals surface area contributed by atoms with E-state index in [1.165, 1.54) is 11.6 Å². The highest BCUT2D eigenvalue weighted by Crippen LogP contribution is 2.22. The molecule has 31 heavy (non-hydrogen) atoms. The van der Waals surface area contributed by atoms with Crippen molar-refractivity contribution in [3.8, 4) is 0 Å². The topological polar surface area (TPSA) is 80.3 Å². The van der Waals surface area contributed by atoms with Crippen LogP contribution in [0.15, 0.2) is 39.9 Å². The Morgan fingerprint density at radius 2 is 1.74 bits per heavy atom. The lowest BCUT2D eigenvalue weighted by Crippen LogP contribution is -2.52. The van der Waals surface area contributed by atoms with Crippen molar-refractivity contribution in [1.29, 1.82) is 0 Å². The van der Waals surface area contributed by atoms with E-state index in [-0.39, 0.29) is 11.2 Å². The fraction of sp³-hybridized carbons (Fsp3) is 0.429. The molecule has 3 aromatic rings. The van der Waals surface area contributed by atoms with Crippen LogP contribution in [0.2, 0.25) is 0 Å². The highest BCUT2D eigenvalue weighted by Gasteiger charge is 2.26. The number of fused-ring (bicyclic) bond motifs is 1. The minimum absolute atomic E-state index is 0.334. The molecule has 2 aromatic heterocycles. The van der Waals surface area contributed by atoms with Crippen molar-refractivity contribution < 1.29 is 0 Å². The third-order valence-electron chi connectivity index (χ3n) is 5.69. The molecule has 0 unspecified atom stereocenters. The van der Waals surface area contributed by atoms with Gasteiger partial charge < -0.3 is 15.1 Å². The zero-order valence-corrected chi connectivity index (χ0v) is 18.9. The number of hydrogen-bond donors (Lipinski definition) is 1. The van der Waals surface area contributed by atoms with Crippen LogP contribution in [0, 0.1) is 0 Å². The quantitative estimate of drug-likeness (QED) is 0.591. The molecule has 1 aromatic carbocycles. The molecule has 0 saturated carbocycles. The predicted octanol–water partition coefficient (Wildman–Crippen LogP) is 0.498. The van der Waals surface area contributed by atoms with Crippen LogP contribution < -0.4 is 21.5 Å². The molecule has 164 valence electrons. The Morgan fingerprint density at radius 3 is 2.39 bits per heavy atom. The summed E-state index contributed by atoms with van der Waals surface area (Å²) in [6, 6.07) is 9.96. The maximum atomic E-state index is 13.1. The summed E-state index contributed by atoms with van der Waals surface area (Å²) in [5.41, 5.74) is 1.19. The van der Waals surface area contributed by atoms with Gasteiger partial charge in [0, 0.05) is 46.8 Å². The molecule has 3 heterocycles. The first-order valence-corrected chi connectivity index (χ1v) is 10.8. The van der Waals surface area contributed by atoms with Crippen molar-refractivity contribution in [1.82, 2.24) is 28.9 Å². The third kappa shape index (κ3) is 3.83. The first-order chi connectivity index (χ1) is 14.9. The molecule has 1 fully saturated rings. The number of aryl methyl sites for hydroxylation is 1. The number of thiocarbonyl (C=S) groups is 1. The van der Waals surface area contributed by atoms with Crippen molar-refractivity contribution in [3.05, 3.63) is 56.7 Å². The molecule has 9 nitrogen and oxygen atoms in total. The van der Waals surface area contributed by atoms with Gasteiger partial charge in [-0.3, -0.25) is 18.5 Å². The van der Waals surface area contributed by atoms with E-state index in [4.69, 9.17) is 17.2 Å². The highest BCUT2D eigenvalue weighted by atomic mass is 32.1. The maximum absolute atomic E-state index is 13.1. The molecular formula is C21H27N7O2S. The van der Waals surface area contributed by atoms with E-state index in [0.29, 0.717) is 23.7 Å². The Morgan fingerprint density at radius 1 is 1.06 bits per heavy atom. The van der Waals surface area contributed by atoms with Gasteiger partial charge in [-0.2, -0.15) is 4.98 Å². The van der Waals surface area contributed by atoms with Crippen LogP contribution in [-0.4, -0.2) is 61.4 Å². The summed E-state index contributed by atoms with van der Waals surface area (Å²) in [6.07, 6.45) is 0. The first kappa shape index (κ1) is 21.1. The Kier molecular flexibility index (Phi) is 5.81. The van der Waals surface area contributed by atoms with E-state index in [0.717, 1.165) is 48.0 Å². The van der Waals surface area contributed by atoms with E-state index in [2.05, 4.69) is 15.1 Å². The molecule has 0 atom stereocenters. The molecule has 10 heteroatoms. The average molecular weight is 442 g/mol. The van der Waals surface area contributed by atoms with Gasteiger partial charge in [0.1, 0.15) is 0 Å². The zero-order valence-electron chi connectivity index (χ0n) is 18.0. The van der Waals surface area contributed by atoms with Gasteiger partial charge in [0.25, 0.3) is 5.56 Å². The Labute approximate surface area is 185 Å². The van der Waals surface area contributed by atoms with Gasteiger partial charge in [0.15, 0.2) is 16.3 Å². The third-order valence-corrected chi connectivity index (χ3v) is 6.09. The number of rotatable bonds is 4. The molecule has 1 saturated heterocycles. The van der Waals surface area contributed by atoms with Crippen LogP contribution in [0.3, 0.4) is 0 Å². The van der Waals surface area contributed by atoms with Crippen molar-refractivity contribution in [3.63, 3.8) is 0 Å². The monoisotopic (exact) mass is 441 g/mol. The van der Waals surface area contributed by atoms with Gasteiger partial charge in [0.2, 0.25) is 5.95 Å². The van der Waals surface area contributed by atoms with Crippen molar-refractivity contribution in [2.24, 2.45) is 14.1 Å². The van der Waals surface area contributed by atoms with Gasteiger partial charge in [0.05, 0.1) is 6.54 Å². The second-order valence-electron chi connectivity index (χ2n) is 7.67. The molecule has 0 amide bonds. The largest absolute Gasteiger partial charge is 0.363 e. The number of nitrogens with zero attached hydrogens (tertiary/aromatic N) is 6. The molecule has 1 aliphatic heterocycles. The van der Waals surface area contributed by atoms with Gasteiger partial charge in [-0.05, 0) is 24.7 Å². The standard InChI is InChI=1S/C21H27N7O2S/c1-4-22-20(31)27-12-10-26(11-13-27)19-23-17-16(18(29)25(3)21(30)24(17)2)28(19)14-15-8-6-5-7-9-15/h5-9H,4,10-14H2,1-3H3,(H,22,31). The molecule has 0 radical (unpaired) electrons. The summed E-state index contributed by atoms with van der Waals surface area (Å²) >= 11 is 5.45. The number of piperazine rings is 1. The van der Waals surface area contributed by atoms with Gasteiger partial charge in [-0.1, -0.05) is 30.3 Å². The summed E-state index contributed by atoms with van der Waals surface area (Å²) in [5.74, 6) is 0.700. The Hall–Kier alpha value is -3.14. The van der Waals surface area contributed by atoms with Crippen LogP contribution in [0.1, 0.15) is 12.5 Å². The minimum atomic E-state index is -0.380. The Balaban J connectivity index is 1.78. The molecule has 0 aliphatic carbocycles. The molecule has 0 spiro atoms. The molecular weight excluding hydrogens is 414 g/mol. The van der Waals surface area contributed by atoms with Crippen molar-refractivity contribution in [2.75, 3.05) is 37.6 Å². The lowest BCUT2D eigenvalue weighted by atomic mass is 10.2. The fourth-order valence-corrected chi connectivity index (χ4v) is 4.29. The van der Waals surface area contributed by atoms with Crippen LogP contribution in [0.5, 0.6) is 0 Å². The van der Waals surface area contributed by atoms with Gasteiger partial charge in [-0.15, -0.1) is 0 Å². The van der Waals surface area contributed by atoms with E-state index < -0.39 is 0 Å². The molecule has 1 aliphatic rings. The minimum Gasteiger partial charge on any atom is -0.363 e. The SMILES string of the molecule is CCNC(=S)N1CCN(c2nc3c(c(=O)n(C)c(=O)n3C)n2Cc2ccccc2)CC1. The normalized spacial score (nSPS) is 14.3. The van der Waals surface area contributed by atoms with E-state index >= 15 is 0 Å². The summed E-state index contributed by atoms with van der Waals surface area (Å²) in [6.45, 7) is 6.28. The maximum Gasteiger partial charge on any atom is 0.332 e. The lowest BCUT2D eigenvalue weighted by molar-refractivity contribution is 0.377. The smallest absolute Gasteiger partial charge is 0.332 e. The highest BCUT2D eigenvalue weighted by molar-refractivity contribution is 7.80. The second kappa shape index (κ2) is 8.54. The lowest BCUT2D eigenvalue weighted by Gasteiger charge is -2.36. The number of benzene rings is 1. The molecule has 0 bridgehead atoms. The van der Waals surface area contributed by atoms with E-state index in [1.807, 2.05) is 41.8 Å². The van der Waals surface area contributed by atoms with Crippen LogP contribution in [0.25, 0.3) is 11.2 Å². The summed E-state index contributed by atoms with van der Waals surface area (Å²) in [5, 5.41) is 3.96. The van der Waals surface area contributed by atoms with E-state index in [1.54, 1.807) is 7.05 Å². The second-order valence-corrected chi connectivity index (χ2v) is 8.06. The number of nitrogens with one attached hydrogen (secondary N) is 1. The summed E-state index contributed by atoms with van der Waals surface area (Å²) in [7, 11) is 3.16. The van der Waals surface area contributed by atoms with Crippen LogP contribution in [-0.2, 0) is 20.6 Å². The van der Waals surface area contributed by atoms with E-state index in [9.17, 15) is 9.59 Å². The van der Waals surface area contributed by atoms with Crippen molar-refractivity contribution in [2.45, 2.75) is 13.5 Å². The average Bonchev–Trinajstić information content (AvgIpc) is 3.16. The first-order valence-electron chi connectivity index (χ1n) is 10.4. The zero-order chi connectivity index (χ0) is 22.1. The molecule has 4 rings (SSSR count). The van der Waals surface area contributed by atoms with Crippen molar-refractivity contribution >= 4 is 34.4 Å². The number of anilines is 1. The number of aromatic nitrogens is 4. The van der Waals surface area contributed by atoms with Gasteiger partial charge in [-0.25, -0.2) is 4.79 Å². The summed E-state index contributed by atoms with van der Waals surface area (Å²) in [4.78, 5) is 34.6. The summed E-state index contributed by atoms with van der Waals surface area (Å²) < 4.78 is 4.52. The number of imidazole rings is 1. The fourth-order valence-electron chi connectivity index (χ4n) is 3.96.